The number of H-pyrrole nitrogens is 1. The second-order valence-electron chi connectivity index (χ2n) is 5.00. The van der Waals surface area contributed by atoms with E-state index in [4.69, 9.17) is 0 Å². The van der Waals surface area contributed by atoms with Crippen molar-refractivity contribution in [2.75, 3.05) is 0 Å². The minimum absolute atomic E-state index is 0.0208. The number of rotatable bonds is 3. The molecule has 0 aliphatic rings. The van der Waals surface area contributed by atoms with Crippen molar-refractivity contribution in [3.63, 3.8) is 0 Å². The van der Waals surface area contributed by atoms with Crippen LogP contribution in [0.15, 0.2) is 12.4 Å². The highest BCUT2D eigenvalue weighted by Crippen LogP contribution is 2.18. The van der Waals surface area contributed by atoms with Gasteiger partial charge in [-0.2, -0.15) is 0 Å². The molecule has 2 N–H and O–H groups in total. The molecule has 1 amide bonds. The first-order valence-corrected chi connectivity index (χ1v) is 5.17. The van der Waals surface area contributed by atoms with Gasteiger partial charge in [-0.15, -0.1) is 0 Å². The van der Waals surface area contributed by atoms with Gasteiger partial charge < -0.3 is 10.3 Å². The molecule has 1 atom stereocenters. The van der Waals surface area contributed by atoms with Crippen molar-refractivity contribution in [3.8, 4) is 0 Å². The fourth-order valence-electron chi connectivity index (χ4n) is 1.36. The van der Waals surface area contributed by atoms with Crippen LogP contribution in [0.5, 0.6) is 0 Å². The molecule has 0 aliphatic carbocycles. The van der Waals surface area contributed by atoms with Crippen molar-refractivity contribution >= 4 is 5.91 Å². The van der Waals surface area contributed by atoms with Crippen LogP contribution in [0.4, 0.5) is 0 Å². The Morgan fingerprint density at radius 3 is 2.73 bits per heavy atom. The highest BCUT2D eigenvalue weighted by atomic mass is 16.1. The summed E-state index contributed by atoms with van der Waals surface area (Å²) >= 11 is 0. The summed E-state index contributed by atoms with van der Waals surface area (Å²) in [5, 5.41) is 2.91. The number of aromatic nitrogens is 2. The van der Waals surface area contributed by atoms with E-state index in [9.17, 15) is 4.79 Å². The van der Waals surface area contributed by atoms with Gasteiger partial charge in [0.1, 0.15) is 5.82 Å². The Kier molecular flexibility index (Phi) is 3.50. The van der Waals surface area contributed by atoms with Crippen molar-refractivity contribution in [2.45, 2.75) is 40.2 Å². The maximum atomic E-state index is 11.6. The summed E-state index contributed by atoms with van der Waals surface area (Å²) in [7, 11) is 0. The van der Waals surface area contributed by atoms with Gasteiger partial charge in [0, 0.05) is 18.8 Å². The summed E-state index contributed by atoms with van der Waals surface area (Å²) in [6.45, 7) is 8.05. The molecule has 4 nitrogen and oxygen atoms in total. The van der Waals surface area contributed by atoms with E-state index in [1.54, 1.807) is 12.4 Å². The smallest absolute Gasteiger partial charge is 0.221 e. The minimum Gasteiger partial charge on any atom is -0.347 e. The number of imidazole rings is 1. The third-order valence-corrected chi connectivity index (χ3v) is 2.00. The molecule has 1 rings (SSSR count). The normalized spacial score (nSPS) is 13.6. The summed E-state index contributed by atoms with van der Waals surface area (Å²) in [4.78, 5) is 18.7. The van der Waals surface area contributed by atoms with E-state index in [1.807, 2.05) is 27.7 Å². The summed E-state index contributed by atoms with van der Waals surface area (Å²) in [5.74, 6) is 0.851. The zero-order chi connectivity index (χ0) is 11.5. The summed E-state index contributed by atoms with van der Waals surface area (Å²) in [6, 6.07) is -0.0603. The molecule has 4 heteroatoms. The Labute approximate surface area is 90.5 Å². The van der Waals surface area contributed by atoms with Crippen LogP contribution in [0.2, 0.25) is 0 Å². The first-order chi connectivity index (χ1) is 6.88. The average Bonchev–Trinajstić information content (AvgIpc) is 2.50. The fraction of sp³-hybridized carbons (Fsp3) is 0.636. The van der Waals surface area contributed by atoms with E-state index >= 15 is 0 Å². The van der Waals surface area contributed by atoms with Gasteiger partial charge in [0.05, 0.1) is 6.04 Å². The lowest BCUT2D eigenvalue weighted by Crippen LogP contribution is -2.30. The van der Waals surface area contributed by atoms with E-state index in [0.29, 0.717) is 6.42 Å². The molecule has 0 fully saturated rings. The van der Waals surface area contributed by atoms with Gasteiger partial charge in [0.15, 0.2) is 0 Å². The third kappa shape index (κ3) is 4.14. The van der Waals surface area contributed by atoms with Crippen molar-refractivity contribution in [1.29, 1.82) is 0 Å². The topological polar surface area (TPSA) is 57.8 Å². The lowest BCUT2D eigenvalue weighted by molar-refractivity contribution is -0.123. The number of aromatic amines is 1. The lowest BCUT2D eigenvalue weighted by Gasteiger charge is -2.19. The predicted molar refractivity (Wildman–Crippen MR) is 59.2 cm³/mol. The quantitative estimate of drug-likeness (QED) is 0.800. The van der Waals surface area contributed by atoms with Gasteiger partial charge in [-0.1, -0.05) is 20.8 Å². The highest BCUT2D eigenvalue weighted by molar-refractivity contribution is 5.76. The fourth-order valence-corrected chi connectivity index (χ4v) is 1.36. The molecule has 0 saturated heterocycles. The second-order valence-corrected chi connectivity index (χ2v) is 5.00. The highest BCUT2D eigenvalue weighted by Gasteiger charge is 2.18. The molecule has 0 radical (unpaired) electrons. The van der Waals surface area contributed by atoms with Gasteiger partial charge in [0.2, 0.25) is 5.91 Å². The summed E-state index contributed by atoms with van der Waals surface area (Å²) in [6.07, 6.45) is 3.96. The summed E-state index contributed by atoms with van der Waals surface area (Å²) < 4.78 is 0. The second kappa shape index (κ2) is 4.47. The van der Waals surface area contributed by atoms with E-state index in [-0.39, 0.29) is 17.4 Å². The number of carbonyl (C=O) groups excluding carboxylic acids is 1. The van der Waals surface area contributed by atoms with Gasteiger partial charge >= 0.3 is 0 Å². The first kappa shape index (κ1) is 11.8. The number of hydrogen-bond acceptors (Lipinski definition) is 2. The van der Waals surface area contributed by atoms with Crippen LogP contribution in [0.25, 0.3) is 0 Å². The van der Waals surface area contributed by atoms with Gasteiger partial charge in [-0.3, -0.25) is 4.79 Å². The van der Waals surface area contributed by atoms with E-state index in [0.717, 1.165) is 5.82 Å². The molecular formula is C11H19N3O. The van der Waals surface area contributed by atoms with E-state index in [2.05, 4.69) is 15.3 Å². The first-order valence-electron chi connectivity index (χ1n) is 5.17. The zero-order valence-electron chi connectivity index (χ0n) is 9.79. The molecule has 0 spiro atoms. The SMILES string of the molecule is CC(NC(=O)CC(C)(C)C)c1ncc[nH]1. The van der Waals surface area contributed by atoms with Crippen LogP contribution in [-0.4, -0.2) is 15.9 Å². The Bertz CT molecular complexity index is 311. The largest absolute Gasteiger partial charge is 0.347 e. The summed E-state index contributed by atoms with van der Waals surface area (Å²) in [5.41, 5.74) is 0.0208. The van der Waals surface area contributed by atoms with Crippen LogP contribution in [0, 0.1) is 5.41 Å². The van der Waals surface area contributed by atoms with Crippen molar-refractivity contribution in [1.82, 2.24) is 15.3 Å². The Hall–Kier alpha value is -1.32. The Balaban J connectivity index is 2.45. The third-order valence-electron chi connectivity index (χ3n) is 2.00. The van der Waals surface area contributed by atoms with Crippen LogP contribution < -0.4 is 5.32 Å². The molecule has 1 aromatic heterocycles. The van der Waals surface area contributed by atoms with Crippen LogP contribution in [0.1, 0.15) is 46.0 Å². The average molecular weight is 209 g/mol. The maximum Gasteiger partial charge on any atom is 0.221 e. The van der Waals surface area contributed by atoms with Crippen molar-refractivity contribution in [2.24, 2.45) is 5.41 Å². The number of carbonyl (C=O) groups is 1. The standard InChI is InChI=1S/C11H19N3O/c1-8(10-12-5-6-13-10)14-9(15)7-11(2,3)4/h5-6,8H,7H2,1-4H3,(H,12,13)(H,14,15). The number of nitrogens with one attached hydrogen (secondary N) is 2. The number of amides is 1. The van der Waals surface area contributed by atoms with Crippen LogP contribution in [0.3, 0.4) is 0 Å². The number of nitrogens with zero attached hydrogens (tertiary/aromatic N) is 1. The maximum absolute atomic E-state index is 11.6. The van der Waals surface area contributed by atoms with E-state index in [1.165, 1.54) is 0 Å². The van der Waals surface area contributed by atoms with Gasteiger partial charge in [-0.25, -0.2) is 4.98 Å². The molecular weight excluding hydrogens is 190 g/mol. The lowest BCUT2D eigenvalue weighted by atomic mass is 9.92. The van der Waals surface area contributed by atoms with Gasteiger partial charge in [0.25, 0.3) is 0 Å². The predicted octanol–water partition coefficient (Wildman–Crippen LogP) is 2.02. The minimum atomic E-state index is -0.0603. The molecule has 84 valence electrons. The Morgan fingerprint density at radius 1 is 1.60 bits per heavy atom. The molecule has 1 unspecified atom stereocenters. The van der Waals surface area contributed by atoms with Crippen molar-refractivity contribution in [3.05, 3.63) is 18.2 Å². The molecule has 15 heavy (non-hydrogen) atoms. The zero-order valence-corrected chi connectivity index (χ0v) is 9.79. The van der Waals surface area contributed by atoms with Gasteiger partial charge in [-0.05, 0) is 12.3 Å². The monoisotopic (exact) mass is 209 g/mol. The molecule has 0 aromatic carbocycles. The molecule has 0 aliphatic heterocycles. The molecule has 1 aromatic rings. The van der Waals surface area contributed by atoms with Crippen LogP contribution in [-0.2, 0) is 4.79 Å². The molecule has 0 bridgehead atoms. The Morgan fingerprint density at radius 2 is 2.27 bits per heavy atom. The number of hydrogen-bond donors (Lipinski definition) is 2. The van der Waals surface area contributed by atoms with Crippen LogP contribution >= 0.6 is 0 Å². The molecule has 0 saturated carbocycles. The van der Waals surface area contributed by atoms with Crippen molar-refractivity contribution < 1.29 is 4.79 Å². The van der Waals surface area contributed by atoms with E-state index < -0.39 is 0 Å². The molecule has 1 heterocycles.